The number of ether oxygens (including phenoxy) is 1. The van der Waals surface area contributed by atoms with E-state index >= 15 is 0 Å². The van der Waals surface area contributed by atoms with Gasteiger partial charge in [-0.25, -0.2) is 4.79 Å². The number of aliphatic hydroxyl groups is 1. The first-order chi connectivity index (χ1) is 16.3. The van der Waals surface area contributed by atoms with E-state index in [2.05, 4.69) is 10.6 Å². The number of carbonyl (C=O) groups excluding carboxylic acids is 3. The van der Waals surface area contributed by atoms with Crippen LogP contribution in [0.15, 0.2) is 36.4 Å². The van der Waals surface area contributed by atoms with Gasteiger partial charge in [-0.1, -0.05) is 41.9 Å². The van der Waals surface area contributed by atoms with Gasteiger partial charge in [-0.2, -0.15) is 0 Å². The van der Waals surface area contributed by atoms with Crippen molar-refractivity contribution in [2.24, 2.45) is 0 Å². The van der Waals surface area contributed by atoms with Crippen molar-refractivity contribution in [2.45, 2.75) is 59.2 Å². The van der Waals surface area contributed by atoms with Gasteiger partial charge in [0.25, 0.3) is 5.91 Å². The van der Waals surface area contributed by atoms with E-state index < -0.39 is 42.2 Å². The number of aryl methyl sites for hydroxylation is 3. The lowest BCUT2D eigenvalue weighted by molar-refractivity contribution is -0.139. The molecule has 3 N–H and O–H groups in total. The third-order valence-electron chi connectivity index (χ3n) is 5.44. The van der Waals surface area contributed by atoms with Crippen molar-refractivity contribution in [3.8, 4) is 0 Å². The van der Waals surface area contributed by atoms with Crippen LogP contribution in [0.4, 0.5) is 10.5 Å². The topological polar surface area (TPSA) is 108 Å². The number of alkyl carbamates (subject to hydrolysis) is 1. The van der Waals surface area contributed by atoms with Crippen LogP contribution in [-0.2, 0) is 14.3 Å². The average Bonchev–Trinajstić information content (AvgIpc) is 2.75. The van der Waals surface area contributed by atoms with Gasteiger partial charge in [0, 0.05) is 7.05 Å². The molecule has 2 aromatic rings. The number of hydrogen-bond acceptors (Lipinski definition) is 5. The van der Waals surface area contributed by atoms with Crippen LogP contribution in [0.25, 0.3) is 0 Å². The summed E-state index contributed by atoms with van der Waals surface area (Å²) in [6.07, 6.45) is -0.849. The summed E-state index contributed by atoms with van der Waals surface area (Å²) < 4.78 is 5.21. The van der Waals surface area contributed by atoms with Gasteiger partial charge in [-0.05, 0) is 69.9 Å². The van der Waals surface area contributed by atoms with E-state index in [4.69, 9.17) is 16.3 Å². The number of para-hydroxylation sites is 1. The van der Waals surface area contributed by atoms with Gasteiger partial charge in [0.2, 0.25) is 5.91 Å². The van der Waals surface area contributed by atoms with E-state index in [1.165, 1.54) is 11.9 Å². The Labute approximate surface area is 211 Å². The standard InChI is InChI=1S/C26H34ClN3O5/c1-15-10-8-11-16(2)20(15)22(23(32)29-21-17(3)12-9-13-18(21)27)30(7)24(33)19(14-31)28-25(34)35-26(4,5)6/h8-13,19,22,31H,14H2,1-7H3,(H,28,34)(H,29,32). The lowest BCUT2D eigenvalue weighted by Gasteiger charge is -2.32. The maximum Gasteiger partial charge on any atom is 0.408 e. The van der Waals surface area contributed by atoms with E-state index in [1.54, 1.807) is 32.9 Å². The highest BCUT2D eigenvalue weighted by Crippen LogP contribution is 2.31. The third-order valence-corrected chi connectivity index (χ3v) is 5.76. The molecule has 0 aliphatic carbocycles. The maximum atomic E-state index is 13.7. The predicted molar refractivity (Wildman–Crippen MR) is 136 cm³/mol. The second-order valence-electron chi connectivity index (χ2n) is 9.46. The molecule has 2 atom stereocenters. The Morgan fingerprint density at radius 3 is 2.09 bits per heavy atom. The molecule has 0 aliphatic rings. The fourth-order valence-corrected chi connectivity index (χ4v) is 4.02. The van der Waals surface area contributed by atoms with Gasteiger partial charge in [0.15, 0.2) is 0 Å². The van der Waals surface area contributed by atoms with Crippen molar-refractivity contribution >= 4 is 35.2 Å². The molecule has 0 saturated carbocycles. The summed E-state index contributed by atoms with van der Waals surface area (Å²) >= 11 is 6.32. The molecular weight excluding hydrogens is 470 g/mol. The Kier molecular flexibility index (Phi) is 9.29. The number of likely N-dealkylation sites (N-methyl/N-ethyl adjacent to an activating group) is 1. The molecule has 3 amide bonds. The number of carbonyl (C=O) groups is 3. The van der Waals surface area contributed by atoms with E-state index in [1.807, 2.05) is 45.0 Å². The first-order valence-electron chi connectivity index (χ1n) is 11.3. The molecule has 8 nitrogen and oxygen atoms in total. The van der Waals surface area contributed by atoms with Crippen LogP contribution in [0.3, 0.4) is 0 Å². The Morgan fingerprint density at radius 2 is 1.57 bits per heavy atom. The molecule has 0 aliphatic heterocycles. The molecule has 0 spiro atoms. The van der Waals surface area contributed by atoms with E-state index in [9.17, 15) is 19.5 Å². The summed E-state index contributed by atoms with van der Waals surface area (Å²) in [4.78, 5) is 40.5. The first-order valence-corrected chi connectivity index (χ1v) is 11.6. The SMILES string of the molecule is Cc1cccc(Cl)c1NC(=O)C(c1c(C)cccc1C)N(C)C(=O)C(CO)NC(=O)OC(C)(C)C. The minimum Gasteiger partial charge on any atom is -0.444 e. The van der Waals surface area contributed by atoms with Crippen LogP contribution >= 0.6 is 11.6 Å². The average molecular weight is 504 g/mol. The smallest absolute Gasteiger partial charge is 0.408 e. The molecule has 190 valence electrons. The van der Waals surface area contributed by atoms with Crippen LogP contribution in [0.2, 0.25) is 5.02 Å². The van der Waals surface area contributed by atoms with E-state index in [0.717, 1.165) is 16.7 Å². The third kappa shape index (κ3) is 7.19. The van der Waals surface area contributed by atoms with Gasteiger partial charge in [-0.3, -0.25) is 9.59 Å². The van der Waals surface area contributed by atoms with Crippen molar-refractivity contribution in [3.63, 3.8) is 0 Å². The van der Waals surface area contributed by atoms with E-state index in [0.29, 0.717) is 16.3 Å². The fraction of sp³-hybridized carbons (Fsp3) is 0.423. The predicted octanol–water partition coefficient (Wildman–Crippen LogP) is 4.29. The monoisotopic (exact) mass is 503 g/mol. The highest BCUT2D eigenvalue weighted by Gasteiger charge is 2.35. The van der Waals surface area contributed by atoms with Crippen LogP contribution in [0.5, 0.6) is 0 Å². The van der Waals surface area contributed by atoms with Crippen molar-refractivity contribution in [2.75, 3.05) is 19.0 Å². The molecule has 2 aromatic carbocycles. The molecule has 35 heavy (non-hydrogen) atoms. The van der Waals surface area contributed by atoms with E-state index in [-0.39, 0.29) is 0 Å². The minimum atomic E-state index is -1.31. The van der Waals surface area contributed by atoms with Gasteiger partial charge in [-0.15, -0.1) is 0 Å². The summed E-state index contributed by atoms with van der Waals surface area (Å²) in [6, 6.07) is 8.46. The Morgan fingerprint density at radius 1 is 1.03 bits per heavy atom. The highest BCUT2D eigenvalue weighted by atomic mass is 35.5. The molecule has 0 heterocycles. The summed E-state index contributed by atoms with van der Waals surface area (Å²) in [5.41, 5.74) is 2.68. The number of amides is 3. The van der Waals surface area contributed by atoms with Gasteiger partial charge in [0.1, 0.15) is 17.7 Å². The lowest BCUT2D eigenvalue weighted by atomic mass is 9.94. The zero-order valence-electron chi connectivity index (χ0n) is 21.2. The number of hydrogen-bond donors (Lipinski definition) is 3. The molecule has 9 heteroatoms. The quantitative estimate of drug-likeness (QED) is 0.522. The largest absolute Gasteiger partial charge is 0.444 e. The lowest BCUT2D eigenvalue weighted by Crippen LogP contribution is -2.52. The number of aliphatic hydroxyl groups excluding tert-OH is 1. The summed E-state index contributed by atoms with van der Waals surface area (Å²) in [6.45, 7) is 9.91. The Balaban J connectivity index is 2.45. The first kappa shape index (κ1) is 28.1. The highest BCUT2D eigenvalue weighted by molar-refractivity contribution is 6.34. The van der Waals surface area contributed by atoms with Crippen LogP contribution < -0.4 is 10.6 Å². The van der Waals surface area contributed by atoms with Crippen molar-refractivity contribution in [1.82, 2.24) is 10.2 Å². The van der Waals surface area contributed by atoms with Crippen molar-refractivity contribution < 1.29 is 24.2 Å². The van der Waals surface area contributed by atoms with Crippen molar-refractivity contribution in [3.05, 3.63) is 63.7 Å². The molecule has 0 fully saturated rings. The van der Waals surface area contributed by atoms with Gasteiger partial charge in [0.05, 0.1) is 17.3 Å². The molecule has 2 unspecified atom stereocenters. The minimum absolute atomic E-state index is 0.368. The van der Waals surface area contributed by atoms with Crippen LogP contribution in [-0.4, -0.2) is 53.2 Å². The molecule has 2 rings (SSSR count). The second kappa shape index (κ2) is 11.6. The van der Waals surface area contributed by atoms with Crippen molar-refractivity contribution in [1.29, 1.82) is 0 Å². The van der Waals surface area contributed by atoms with Crippen LogP contribution in [0, 0.1) is 20.8 Å². The zero-order chi connectivity index (χ0) is 26.5. The fourth-order valence-electron chi connectivity index (χ4n) is 3.75. The Hall–Kier alpha value is -3.10. The molecule has 0 saturated heterocycles. The number of halogens is 1. The van der Waals surface area contributed by atoms with Gasteiger partial charge < -0.3 is 25.4 Å². The Bertz CT molecular complexity index is 1060. The molecule has 0 aromatic heterocycles. The zero-order valence-corrected chi connectivity index (χ0v) is 22.0. The second-order valence-corrected chi connectivity index (χ2v) is 9.87. The summed E-state index contributed by atoms with van der Waals surface area (Å²) in [7, 11) is 1.46. The molecule has 0 radical (unpaired) electrons. The molecular formula is C26H34ClN3O5. The van der Waals surface area contributed by atoms with Gasteiger partial charge >= 0.3 is 6.09 Å². The number of benzene rings is 2. The number of nitrogens with zero attached hydrogens (tertiary/aromatic N) is 1. The normalized spacial score (nSPS) is 12.9. The molecule has 0 bridgehead atoms. The summed E-state index contributed by atoms with van der Waals surface area (Å²) in [5.74, 6) is -1.14. The number of rotatable bonds is 7. The summed E-state index contributed by atoms with van der Waals surface area (Å²) in [5, 5.41) is 15.5. The number of anilines is 1. The van der Waals surface area contributed by atoms with Crippen LogP contribution in [0.1, 0.15) is 49.1 Å². The maximum absolute atomic E-state index is 13.7. The number of nitrogens with one attached hydrogen (secondary N) is 2.